The summed E-state index contributed by atoms with van der Waals surface area (Å²) in [6, 6.07) is 0. The Morgan fingerprint density at radius 2 is 1.16 bits per heavy atom. The Bertz CT molecular complexity index is 880. The molecule has 204 valence electrons. The molecule has 0 amide bonds. The van der Waals surface area contributed by atoms with Crippen molar-refractivity contribution in [2.24, 2.45) is 0 Å². The molecule has 2 aliphatic rings. The van der Waals surface area contributed by atoms with Crippen molar-refractivity contribution in [3.8, 4) is 0 Å². The minimum absolute atomic E-state index is 0.0922. The fraction of sp³-hybridized carbons (Fsp3) is 0.556. The molecule has 2 N–H and O–H groups in total. The van der Waals surface area contributed by atoms with Crippen LogP contribution in [0.1, 0.15) is 71.6 Å². The van der Waals surface area contributed by atoms with Crippen LogP contribution < -0.4 is 0 Å². The third-order valence-corrected chi connectivity index (χ3v) is 5.62. The first kappa shape index (κ1) is 30.0. The average molecular weight is 521 g/mol. The molecule has 2 aliphatic heterocycles. The first-order valence-electron chi connectivity index (χ1n) is 12.7. The number of hydrogen-bond acceptors (Lipinski definition) is 10. The van der Waals surface area contributed by atoms with Crippen molar-refractivity contribution in [2.75, 3.05) is 13.2 Å². The number of cyclic esters (lactones) is 2. The van der Waals surface area contributed by atoms with E-state index in [1.54, 1.807) is 12.2 Å². The van der Waals surface area contributed by atoms with Gasteiger partial charge in [-0.2, -0.15) is 0 Å². The summed E-state index contributed by atoms with van der Waals surface area (Å²) in [4.78, 5) is 48.1. The van der Waals surface area contributed by atoms with Gasteiger partial charge in [-0.15, -0.1) is 0 Å². The molecule has 0 aliphatic carbocycles. The lowest BCUT2D eigenvalue weighted by Gasteiger charge is -2.07. The molecule has 0 saturated carbocycles. The molecule has 0 aromatic rings. The Kier molecular flexibility index (Phi) is 12.8. The monoisotopic (exact) mass is 520 g/mol. The Hall–Kier alpha value is -3.24. The average Bonchev–Trinajstić information content (AvgIpc) is 3.26. The molecule has 0 aromatic heterocycles. The third kappa shape index (κ3) is 9.62. The fourth-order valence-electron chi connectivity index (χ4n) is 3.62. The Morgan fingerprint density at radius 1 is 0.757 bits per heavy atom. The molecule has 10 heteroatoms. The minimum atomic E-state index is -1.38. The van der Waals surface area contributed by atoms with E-state index in [9.17, 15) is 29.4 Å². The summed E-state index contributed by atoms with van der Waals surface area (Å²) >= 11 is 0. The van der Waals surface area contributed by atoms with Crippen molar-refractivity contribution >= 4 is 23.9 Å². The van der Waals surface area contributed by atoms with Crippen LogP contribution in [0.5, 0.6) is 0 Å². The predicted molar refractivity (Wildman–Crippen MR) is 131 cm³/mol. The van der Waals surface area contributed by atoms with Crippen molar-refractivity contribution < 1.29 is 48.3 Å². The van der Waals surface area contributed by atoms with Gasteiger partial charge in [0.2, 0.25) is 12.6 Å². The van der Waals surface area contributed by atoms with Gasteiger partial charge in [0, 0.05) is 11.1 Å². The van der Waals surface area contributed by atoms with Gasteiger partial charge in [0.15, 0.2) is 0 Å². The molecular weight excluding hydrogens is 484 g/mol. The number of ether oxygens (including phenoxy) is 4. The van der Waals surface area contributed by atoms with Crippen LogP contribution in [0.3, 0.4) is 0 Å². The summed E-state index contributed by atoms with van der Waals surface area (Å²) < 4.78 is 19.9. The topological polar surface area (TPSA) is 146 Å². The number of carbonyl (C=O) groups is 4. The zero-order chi connectivity index (χ0) is 27.2. The van der Waals surface area contributed by atoms with E-state index in [0.29, 0.717) is 19.3 Å². The number of aliphatic hydroxyl groups is 2. The number of hydrogen-bond donors (Lipinski definition) is 2. The highest BCUT2D eigenvalue weighted by Crippen LogP contribution is 2.26. The minimum Gasteiger partial charge on any atom is -0.465 e. The number of rotatable bonds is 16. The van der Waals surface area contributed by atoms with E-state index in [0.717, 1.165) is 25.7 Å². The normalized spacial score (nSPS) is 19.8. The van der Waals surface area contributed by atoms with Gasteiger partial charge in [-0.25, -0.2) is 9.59 Å². The van der Waals surface area contributed by atoms with E-state index in [1.807, 2.05) is 26.0 Å². The van der Waals surface area contributed by atoms with E-state index in [-0.39, 0.29) is 48.3 Å². The van der Waals surface area contributed by atoms with Gasteiger partial charge in [-0.05, 0) is 32.1 Å². The molecule has 2 heterocycles. The zero-order valence-electron chi connectivity index (χ0n) is 21.4. The second kappa shape index (κ2) is 15.8. The molecule has 2 atom stereocenters. The lowest BCUT2D eigenvalue weighted by Crippen LogP contribution is -2.12. The van der Waals surface area contributed by atoms with E-state index < -0.39 is 36.5 Å². The lowest BCUT2D eigenvalue weighted by atomic mass is 10.1. The molecule has 37 heavy (non-hydrogen) atoms. The SMILES string of the molecule is CCC/C=C/C1=C(CC(=O)OCCCCCOC(=O)CC2=C(/C=C/CCC)C(O)OC2=O)C(=O)OC1O. The predicted octanol–water partition coefficient (Wildman–Crippen LogP) is 3.08. The van der Waals surface area contributed by atoms with Crippen molar-refractivity contribution in [2.45, 2.75) is 84.2 Å². The summed E-state index contributed by atoms with van der Waals surface area (Å²) in [6.45, 7) is 4.24. The van der Waals surface area contributed by atoms with Gasteiger partial charge in [-0.1, -0.05) is 51.0 Å². The Balaban J connectivity index is 1.68. The van der Waals surface area contributed by atoms with Crippen molar-refractivity contribution in [1.82, 2.24) is 0 Å². The van der Waals surface area contributed by atoms with Crippen LogP contribution in [0.25, 0.3) is 0 Å². The molecule has 0 fully saturated rings. The number of allylic oxidation sites excluding steroid dienone is 2. The van der Waals surface area contributed by atoms with Crippen LogP contribution >= 0.6 is 0 Å². The molecule has 0 aromatic carbocycles. The van der Waals surface area contributed by atoms with Crippen LogP contribution in [0.4, 0.5) is 0 Å². The molecule has 0 spiro atoms. The highest BCUT2D eigenvalue weighted by molar-refractivity contribution is 5.98. The van der Waals surface area contributed by atoms with Crippen molar-refractivity contribution in [1.29, 1.82) is 0 Å². The molecule has 0 bridgehead atoms. The van der Waals surface area contributed by atoms with Gasteiger partial charge in [0.1, 0.15) is 0 Å². The summed E-state index contributed by atoms with van der Waals surface area (Å²) in [6.07, 6.45) is 8.47. The first-order valence-corrected chi connectivity index (χ1v) is 12.7. The van der Waals surface area contributed by atoms with Crippen LogP contribution in [-0.2, 0) is 38.1 Å². The largest absolute Gasteiger partial charge is 0.465 e. The highest BCUT2D eigenvalue weighted by atomic mass is 16.6. The summed E-state index contributed by atoms with van der Waals surface area (Å²) in [5.41, 5.74) is 0.735. The maximum absolute atomic E-state index is 12.1. The van der Waals surface area contributed by atoms with Crippen LogP contribution in [0.2, 0.25) is 0 Å². The number of esters is 4. The molecule has 2 rings (SSSR count). The molecule has 0 saturated heterocycles. The van der Waals surface area contributed by atoms with E-state index in [1.165, 1.54) is 0 Å². The number of unbranched alkanes of at least 4 members (excludes halogenated alkanes) is 4. The fourth-order valence-corrected chi connectivity index (χ4v) is 3.62. The van der Waals surface area contributed by atoms with Gasteiger partial charge in [0.25, 0.3) is 0 Å². The summed E-state index contributed by atoms with van der Waals surface area (Å²) in [7, 11) is 0. The van der Waals surface area contributed by atoms with Crippen molar-refractivity contribution in [3.05, 3.63) is 46.6 Å². The molecular formula is C27H36O10. The van der Waals surface area contributed by atoms with Crippen molar-refractivity contribution in [3.63, 3.8) is 0 Å². The van der Waals surface area contributed by atoms with Crippen LogP contribution in [0.15, 0.2) is 46.6 Å². The summed E-state index contributed by atoms with van der Waals surface area (Å²) in [5, 5.41) is 19.7. The van der Waals surface area contributed by atoms with Crippen LogP contribution in [-0.4, -0.2) is 59.9 Å². The molecule has 10 nitrogen and oxygen atoms in total. The molecule has 0 radical (unpaired) electrons. The summed E-state index contributed by atoms with van der Waals surface area (Å²) in [5.74, 6) is -2.67. The number of aliphatic hydroxyl groups excluding tert-OH is 2. The van der Waals surface area contributed by atoms with E-state index >= 15 is 0 Å². The highest BCUT2D eigenvalue weighted by Gasteiger charge is 2.33. The second-order valence-electron chi connectivity index (χ2n) is 8.62. The van der Waals surface area contributed by atoms with E-state index in [4.69, 9.17) is 18.9 Å². The third-order valence-electron chi connectivity index (χ3n) is 5.62. The molecule has 2 unspecified atom stereocenters. The Labute approximate surface area is 216 Å². The first-order chi connectivity index (χ1) is 17.8. The maximum Gasteiger partial charge on any atom is 0.337 e. The van der Waals surface area contributed by atoms with Crippen LogP contribution in [0, 0.1) is 0 Å². The Morgan fingerprint density at radius 3 is 1.54 bits per heavy atom. The smallest absolute Gasteiger partial charge is 0.337 e. The van der Waals surface area contributed by atoms with E-state index in [2.05, 4.69) is 0 Å². The van der Waals surface area contributed by atoms with Gasteiger partial charge in [0.05, 0.1) is 37.2 Å². The number of carbonyl (C=O) groups excluding carboxylic acids is 4. The quantitative estimate of drug-likeness (QED) is 0.177. The standard InChI is InChI=1S/C27H36O10/c1-3-5-8-12-18-20(26(32)36-24(18)30)16-22(28)34-14-10-7-11-15-35-23(29)17-21-19(13-9-6-4-2)25(31)37-27(21)33/h8-9,12-13,24-25,30-31H,3-7,10-11,14-17H2,1-2H3/b12-8+,13-9+. The second-order valence-corrected chi connectivity index (χ2v) is 8.62. The maximum atomic E-state index is 12.1. The van der Waals surface area contributed by atoms with Gasteiger partial charge < -0.3 is 29.2 Å². The zero-order valence-corrected chi connectivity index (χ0v) is 21.4. The van der Waals surface area contributed by atoms with Gasteiger partial charge >= 0.3 is 23.9 Å². The van der Waals surface area contributed by atoms with Gasteiger partial charge in [-0.3, -0.25) is 9.59 Å². The lowest BCUT2D eigenvalue weighted by molar-refractivity contribution is -0.154.